The molecule has 0 saturated heterocycles. The van der Waals surface area contributed by atoms with Crippen LogP contribution in [0.1, 0.15) is 56.2 Å². The number of anilines is 1. The van der Waals surface area contributed by atoms with Crippen LogP contribution in [0.4, 0.5) is 10.5 Å². The Balaban J connectivity index is 2.33. The summed E-state index contributed by atoms with van der Waals surface area (Å²) in [6, 6.07) is 4.13. The van der Waals surface area contributed by atoms with Crippen molar-refractivity contribution in [3.63, 3.8) is 0 Å². The Kier molecular flexibility index (Phi) is 5.15. The topological polar surface area (TPSA) is 38.3 Å². The van der Waals surface area contributed by atoms with Gasteiger partial charge in [-0.1, -0.05) is 20.8 Å². The number of rotatable bonds is 2. The third-order valence-electron chi connectivity index (χ3n) is 5.36. The Labute approximate surface area is 134 Å². The molecule has 122 valence electrons. The maximum Gasteiger partial charge on any atom is 0.411 e. The van der Waals surface area contributed by atoms with Gasteiger partial charge >= 0.3 is 6.09 Å². The molecule has 2 rings (SSSR count). The standard InChI is InChI=1S/C19H29NO2/c1-11-7-12(2)15(5)17(8-11)18-13(3)9-16(10-14(18)4)20-19(21)22-6/h9-12,15,17H,7-8H2,1-6H3,(H,20,21). The van der Waals surface area contributed by atoms with Gasteiger partial charge < -0.3 is 4.74 Å². The molecule has 0 aromatic heterocycles. The Hall–Kier alpha value is -1.51. The fourth-order valence-electron chi connectivity index (χ4n) is 4.17. The lowest BCUT2D eigenvalue weighted by molar-refractivity contribution is 0.186. The molecule has 0 spiro atoms. The van der Waals surface area contributed by atoms with Gasteiger partial charge in [-0.2, -0.15) is 0 Å². The van der Waals surface area contributed by atoms with Crippen LogP contribution in [-0.4, -0.2) is 13.2 Å². The van der Waals surface area contributed by atoms with Crippen molar-refractivity contribution in [3.05, 3.63) is 28.8 Å². The van der Waals surface area contributed by atoms with E-state index in [1.807, 2.05) is 0 Å². The van der Waals surface area contributed by atoms with Gasteiger partial charge in [0, 0.05) is 5.69 Å². The zero-order chi connectivity index (χ0) is 16.4. The number of hydrogen-bond acceptors (Lipinski definition) is 2. The second kappa shape index (κ2) is 6.72. The molecule has 4 unspecified atom stereocenters. The van der Waals surface area contributed by atoms with Crippen LogP contribution in [0.15, 0.2) is 12.1 Å². The van der Waals surface area contributed by atoms with Gasteiger partial charge in [0.05, 0.1) is 7.11 Å². The van der Waals surface area contributed by atoms with Crippen LogP contribution in [0.5, 0.6) is 0 Å². The van der Waals surface area contributed by atoms with Crippen LogP contribution in [-0.2, 0) is 4.74 Å². The summed E-state index contributed by atoms with van der Waals surface area (Å²) >= 11 is 0. The molecule has 0 bridgehead atoms. The minimum absolute atomic E-state index is 0.417. The number of ether oxygens (including phenoxy) is 1. The number of aryl methyl sites for hydroxylation is 2. The first kappa shape index (κ1) is 16.9. The highest BCUT2D eigenvalue weighted by Gasteiger charge is 2.33. The summed E-state index contributed by atoms with van der Waals surface area (Å²) in [7, 11) is 1.38. The van der Waals surface area contributed by atoms with Gasteiger partial charge in [-0.25, -0.2) is 4.79 Å². The largest absolute Gasteiger partial charge is 0.453 e. The molecule has 1 saturated carbocycles. The molecular weight excluding hydrogens is 274 g/mol. The second-order valence-electron chi connectivity index (χ2n) is 7.16. The Bertz CT molecular complexity index is 529. The van der Waals surface area contributed by atoms with Gasteiger partial charge in [0.2, 0.25) is 0 Å². The van der Waals surface area contributed by atoms with Crippen molar-refractivity contribution in [2.45, 2.75) is 53.4 Å². The first-order valence-corrected chi connectivity index (χ1v) is 8.29. The van der Waals surface area contributed by atoms with Crippen LogP contribution in [0.25, 0.3) is 0 Å². The van der Waals surface area contributed by atoms with E-state index in [1.165, 1.54) is 36.6 Å². The molecule has 3 nitrogen and oxygen atoms in total. The lowest BCUT2D eigenvalue weighted by Gasteiger charge is -2.39. The Morgan fingerprint density at radius 2 is 1.73 bits per heavy atom. The molecule has 1 fully saturated rings. The minimum atomic E-state index is -0.417. The molecule has 1 N–H and O–H groups in total. The molecule has 1 amide bonds. The molecule has 0 heterocycles. The molecule has 1 aliphatic carbocycles. The molecule has 0 radical (unpaired) electrons. The van der Waals surface area contributed by atoms with E-state index in [4.69, 9.17) is 0 Å². The molecule has 4 atom stereocenters. The first-order valence-electron chi connectivity index (χ1n) is 8.29. The summed E-state index contributed by atoms with van der Waals surface area (Å²) in [5.74, 6) is 2.86. The van der Waals surface area contributed by atoms with Gasteiger partial charge in [-0.3, -0.25) is 5.32 Å². The quantitative estimate of drug-likeness (QED) is 0.808. The fourth-order valence-corrected chi connectivity index (χ4v) is 4.17. The van der Waals surface area contributed by atoms with Crippen LogP contribution in [0.3, 0.4) is 0 Å². The fraction of sp³-hybridized carbons (Fsp3) is 0.632. The third kappa shape index (κ3) is 3.45. The zero-order valence-electron chi connectivity index (χ0n) is 14.7. The highest BCUT2D eigenvalue weighted by molar-refractivity contribution is 5.84. The number of carbonyl (C=O) groups is 1. The zero-order valence-corrected chi connectivity index (χ0v) is 14.7. The predicted molar refractivity (Wildman–Crippen MR) is 91.4 cm³/mol. The molecule has 1 aromatic rings. The van der Waals surface area contributed by atoms with Crippen molar-refractivity contribution in [1.29, 1.82) is 0 Å². The monoisotopic (exact) mass is 303 g/mol. The third-order valence-corrected chi connectivity index (χ3v) is 5.36. The van der Waals surface area contributed by atoms with E-state index in [2.05, 4.69) is 56.8 Å². The summed E-state index contributed by atoms with van der Waals surface area (Å²) in [5, 5.41) is 2.77. The van der Waals surface area contributed by atoms with Gasteiger partial charge in [0.25, 0.3) is 0 Å². The summed E-state index contributed by atoms with van der Waals surface area (Å²) < 4.78 is 4.68. The Morgan fingerprint density at radius 3 is 2.27 bits per heavy atom. The van der Waals surface area contributed by atoms with Gasteiger partial charge in [-0.05, 0) is 79.2 Å². The van der Waals surface area contributed by atoms with Gasteiger partial charge in [0.15, 0.2) is 0 Å². The highest BCUT2D eigenvalue weighted by atomic mass is 16.5. The van der Waals surface area contributed by atoms with Crippen molar-refractivity contribution in [2.24, 2.45) is 17.8 Å². The maximum absolute atomic E-state index is 11.4. The summed E-state index contributed by atoms with van der Waals surface area (Å²) in [6.07, 6.45) is 2.18. The lowest BCUT2D eigenvalue weighted by atomic mass is 9.66. The van der Waals surface area contributed by atoms with E-state index in [1.54, 1.807) is 0 Å². The smallest absolute Gasteiger partial charge is 0.411 e. The molecule has 1 aromatic carbocycles. The normalized spacial score (nSPS) is 28.3. The number of hydrogen-bond donors (Lipinski definition) is 1. The van der Waals surface area contributed by atoms with Crippen LogP contribution < -0.4 is 5.32 Å². The van der Waals surface area contributed by atoms with E-state index < -0.39 is 6.09 Å². The molecule has 22 heavy (non-hydrogen) atoms. The summed E-state index contributed by atoms with van der Waals surface area (Å²) in [5.41, 5.74) is 4.82. The maximum atomic E-state index is 11.4. The van der Waals surface area contributed by atoms with Crippen molar-refractivity contribution in [1.82, 2.24) is 0 Å². The number of benzene rings is 1. The number of methoxy groups -OCH3 is 1. The van der Waals surface area contributed by atoms with E-state index in [0.717, 1.165) is 17.5 Å². The molecule has 1 aliphatic rings. The van der Waals surface area contributed by atoms with Crippen molar-refractivity contribution in [3.8, 4) is 0 Å². The summed E-state index contributed by atoms with van der Waals surface area (Å²) in [4.78, 5) is 11.4. The first-order chi connectivity index (χ1) is 10.3. The SMILES string of the molecule is COC(=O)Nc1cc(C)c(C2CC(C)CC(C)C2C)c(C)c1. The number of carbonyl (C=O) groups excluding carboxylic acids is 1. The van der Waals surface area contributed by atoms with Crippen LogP contribution in [0, 0.1) is 31.6 Å². The van der Waals surface area contributed by atoms with Crippen molar-refractivity contribution >= 4 is 11.8 Å². The van der Waals surface area contributed by atoms with E-state index in [-0.39, 0.29) is 0 Å². The highest BCUT2D eigenvalue weighted by Crippen LogP contribution is 2.45. The second-order valence-corrected chi connectivity index (χ2v) is 7.16. The molecule has 0 aliphatic heterocycles. The average Bonchev–Trinajstić information content (AvgIpc) is 2.43. The average molecular weight is 303 g/mol. The predicted octanol–water partition coefficient (Wildman–Crippen LogP) is 5.27. The van der Waals surface area contributed by atoms with E-state index >= 15 is 0 Å². The number of amides is 1. The minimum Gasteiger partial charge on any atom is -0.453 e. The van der Waals surface area contributed by atoms with Crippen molar-refractivity contribution < 1.29 is 9.53 Å². The van der Waals surface area contributed by atoms with Gasteiger partial charge in [-0.15, -0.1) is 0 Å². The Morgan fingerprint density at radius 1 is 1.14 bits per heavy atom. The van der Waals surface area contributed by atoms with E-state index in [9.17, 15) is 4.79 Å². The number of nitrogens with one attached hydrogen (secondary N) is 1. The molecule has 3 heteroatoms. The van der Waals surface area contributed by atoms with Crippen LogP contribution >= 0.6 is 0 Å². The van der Waals surface area contributed by atoms with Crippen LogP contribution in [0.2, 0.25) is 0 Å². The summed E-state index contributed by atoms with van der Waals surface area (Å²) in [6.45, 7) is 11.4. The van der Waals surface area contributed by atoms with Crippen molar-refractivity contribution in [2.75, 3.05) is 12.4 Å². The van der Waals surface area contributed by atoms with E-state index in [0.29, 0.717) is 11.8 Å². The van der Waals surface area contributed by atoms with Gasteiger partial charge in [0.1, 0.15) is 0 Å². The lowest BCUT2D eigenvalue weighted by Crippen LogP contribution is -2.28. The molecular formula is C19H29NO2.